The number of nitrogens with zero attached hydrogens (tertiary/aromatic N) is 1. The zero-order chi connectivity index (χ0) is 20.7. The van der Waals surface area contributed by atoms with Crippen LogP contribution < -0.4 is 10.2 Å². The van der Waals surface area contributed by atoms with Crippen LogP contribution in [0.3, 0.4) is 0 Å². The van der Waals surface area contributed by atoms with Gasteiger partial charge < -0.3 is 15.1 Å². The van der Waals surface area contributed by atoms with E-state index in [1.165, 1.54) is 0 Å². The zero-order valence-corrected chi connectivity index (χ0v) is 17.9. The van der Waals surface area contributed by atoms with Gasteiger partial charge in [-0.2, -0.15) is 0 Å². The summed E-state index contributed by atoms with van der Waals surface area (Å²) >= 11 is 11.9. The first-order chi connectivity index (χ1) is 13.3. The van der Waals surface area contributed by atoms with Crippen molar-refractivity contribution in [2.24, 2.45) is 0 Å². The minimum absolute atomic E-state index is 0.0152. The lowest BCUT2D eigenvalue weighted by atomic mass is 10.2. The lowest BCUT2D eigenvalue weighted by molar-refractivity contribution is -0.882. The predicted octanol–water partition coefficient (Wildman–Crippen LogP) is 2.80. The molecule has 0 spiro atoms. The summed E-state index contributed by atoms with van der Waals surface area (Å²) in [6.45, 7) is 5.50. The maximum absolute atomic E-state index is 12.6. The van der Waals surface area contributed by atoms with E-state index in [-0.39, 0.29) is 24.9 Å². The highest BCUT2D eigenvalue weighted by Crippen LogP contribution is 2.19. The fourth-order valence-corrected chi connectivity index (χ4v) is 3.06. The second kappa shape index (κ2) is 10.5. The van der Waals surface area contributed by atoms with E-state index in [1.807, 2.05) is 32.0 Å². The van der Waals surface area contributed by atoms with Gasteiger partial charge in [-0.15, -0.1) is 0 Å². The maximum atomic E-state index is 12.6. The molecule has 5 nitrogen and oxygen atoms in total. The molecule has 28 heavy (non-hydrogen) atoms. The van der Waals surface area contributed by atoms with Crippen LogP contribution in [-0.4, -0.2) is 43.4 Å². The lowest BCUT2D eigenvalue weighted by Gasteiger charge is -2.22. The second-order valence-electron chi connectivity index (χ2n) is 6.84. The molecule has 0 heterocycles. The molecule has 2 aromatic carbocycles. The number of hydrogen-bond acceptors (Lipinski definition) is 2. The highest BCUT2D eigenvalue weighted by molar-refractivity contribution is 6.31. The molecule has 0 radical (unpaired) electrons. The van der Waals surface area contributed by atoms with Crippen LogP contribution in [-0.2, 0) is 16.1 Å². The average molecular weight is 423 g/mol. The SMILES string of the molecule is CC[NH+](CC(=O)Nc1cc(Cl)ccc1C)CC(=O)N(C)Cc1ccc(Cl)cc1. The van der Waals surface area contributed by atoms with Gasteiger partial charge in [0.25, 0.3) is 11.8 Å². The number of nitrogens with one attached hydrogen (secondary N) is 2. The molecule has 2 N–H and O–H groups in total. The number of rotatable bonds is 8. The molecular formula is C21H26Cl2N3O2+. The topological polar surface area (TPSA) is 53.9 Å². The molecule has 2 rings (SSSR count). The van der Waals surface area contributed by atoms with Crippen molar-refractivity contribution in [1.82, 2.24) is 4.90 Å². The summed E-state index contributed by atoms with van der Waals surface area (Å²) in [4.78, 5) is 27.5. The standard InChI is InChI=1S/C21H25Cl2N3O2/c1-4-26(13-20(27)24-19-11-18(23)8-5-15(19)2)14-21(28)25(3)12-16-6-9-17(22)10-7-16/h5-11H,4,12-14H2,1-3H3,(H,24,27)/p+1. The quantitative estimate of drug-likeness (QED) is 0.686. The lowest BCUT2D eigenvalue weighted by Crippen LogP contribution is -3.13. The minimum atomic E-state index is -0.143. The fourth-order valence-electron chi connectivity index (χ4n) is 2.76. The van der Waals surface area contributed by atoms with E-state index >= 15 is 0 Å². The zero-order valence-electron chi connectivity index (χ0n) is 16.4. The first-order valence-electron chi connectivity index (χ1n) is 9.16. The highest BCUT2D eigenvalue weighted by atomic mass is 35.5. The van der Waals surface area contributed by atoms with Crippen LogP contribution in [0.4, 0.5) is 5.69 Å². The Labute approximate surface area is 176 Å². The van der Waals surface area contributed by atoms with Gasteiger partial charge in [0.15, 0.2) is 13.1 Å². The van der Waals surface area contributed by atoms with Gasteiger partial charge in [0, 0.05) is 29.3 Å². The van der Waals surface area contributed by atoms with Crippen LogP contribution in [0.25, 0.3) is 0 Å². The number of likely N-dealkylation sites (N-methyl/N-ethyl adjacent to an activating group) is 2. The average Bonchev–Trinajstić information content (AvgIpc) is 2.65. The normalized spacial score (nSPS) is 11.8. The third kappa shape index (κ3) is 6.82. The van der Waals surface area contributed by atoms with Gasteiger partial charge in [-0.3, -0.25) is 9.59 Å². The Kier molecular flexibility index (Phi) is 8.30. The molecule has 150 valence electrons. The van der Waals surface area contributed by atoms with Crippen molar-refractivity contribution in [2.45, 2.75) is 20.4 Å². The molecule has 0 bridgehead atoms. The van der Waals surface area contributed by atoms with Crippen LogP contribution >= 0.6 is 23.2 Å². The van der Waals surface area contributed by atoms with Crippen molar-refractivity contribution in [3.05, 3.63) is 63.6 Å². The smallest absolute Gasteiger partial charge is 0.279 e. The molecular weight excluding hydrogens is 397 g/mol. The van der Waals surface area contributed by atoms with Gasteiger partial charge in [0.1, 0.15) is 0 Å². The highest BCUT2D eigenvalue weighted by Gasteiger charge is 2.20. The Morgan fingerprint density at radius 3 is 2.32 bits per heavy atom. The van der Waals surface area contributed by atoms with Gasteiger partial charge in [-0.1, -0.05) is 41.4 Å². The second-order valence-corrected chi connectivity index (χ2v) is 7.71. The third-order valence-electron chi connectivity index (χ3n) is 4.54. The Bertz CT molecular complexity index is 825. The summed E-state index contributed by atoms with van der Waals surface area (Å²) in [5.74, 6) is -0.158. The van der Waals surface area contributed by atoms with Gasteiger partial charge in [-0.25, -0.2) is 0 Å². The van der Waals surface area contributed by atoms with E-state index in [4.69, 9.17) is 23.2 Å². The van der Waals surface area contributed by atoms with Crippen LogP contribution in [0.5, 0.6) is 0 Å². The van der Waals surface area contributed by atoms with Crippen molar-refractivity contribution in [3.63, 3.8) is 0 Å². The molecule has 7 heteroatoms. The number of carbonyl (C=O) groups is 2. The summed E-state index contributed by atoms with van der Waals surface area (Å²) < 4.78 is 0. The number of halogens is 2. The van der Waals surface area contributed by atoms with Gasteiger partial charge >= 0.3 is 0 Å². The molecule has 0 aliphatic rings. The molecule has 0 saturated heterocycles. The number of anilines is 1. The summed E-state index contributed by atoms with van der Waals surface area (Å²) in [6, 6.07) is 12.8. The van der Waals surface area contributed by atoms with Crippen molar-refractivity contribution >= 4 is 40.7 Å². The van der Waals surface area contributed by atoms with Crippen LogP contribution in [0.1, 0.15) is 18.1 Å². The number of benzene rings is 2. The number of carbonyl (C=O) groups excluding carboxylic acids is 2. The van der Waals surface area contributed by atoms with E-state index in [0.29, 0.717) is 28.8 Å². The molecule has 0 aliphatic heterocycles. The van der Waals surface area contributed by atoms with E-state index in [2.05, 4.69) is 5.32 Å². The summed E-state index contributed by atoms with van der Waals surface area (Å²) in [7, 11) is 1.76. The molecule has 0 aromatic heterocycles. The first-order valence-corrected chi connectivity index (χ1v) is 9.92. The van der Waals surface area contributed by atoms with Gasteiger partial charge in [0.2, 0.25) is 0 Å². The molecule has 2 amide bonds. The van der Waals surface area contributed by atoms with Crippen LogP contribution in [0, 0.1) is 6.92 Å². The van der Waals surface area contributed by atoms with E-state index in [9.17, 15) is 9.59 Å². The number of hydrogen-bond donors (Lipinski definition) is 2. The molecule has 0 fully saturated rings. The monoisotopic (exact) mass is 422 g/mol. The van der Waals surface area contributed by atoms with Crippen molar-refractivity contribution in [1.29, 1.82) is 0 Å². The predicted molar refractivity (Wildman–Crippen MR) is 114 cm³/mol. The van der Waals surface area contributed by atoms with Crippen molar-refractivity contribution in [2.75, 3.05) is 32.0 Å². The van der Waals surface area contributed by atoms with Crippen molar-refractivity contribution < 1.29 is 14.5 Å². The molecule has 0 saturated carbocycles. The number of amides is 2. The number of aryl methyl sites for hydroxylation is 1. The van der Waals surface area contributed by atoms with E-state index < -0.39 is 0 Å². The molecule has 1 atom stereocenters. The third-order valence-corrected chi connectivity index (χ3v) is 5.03. The maximum Gasteiger partial charge on any atom is 0.279 e. The minimum Gasteiger partial charge on any atom is -0.337 e. The summed E-state index contributed by atoms with van der Waals surface area (Å²) in [5.41, 5.74) is 2.64. The van der Waals surface area contributed by atoms with Crippen LogP contribution in [0.15, 0.2) is 42.5 Å². The van der Waals surface area contributed by atoms with Gasteiger partial charge in [-0.05, 0) is 49.2 Å². The Morgan fingerprint density at radius 1 is 1.04 bits per heavy atom. The van der Waals surface area contributed by atoms with Gasteiger partial charge in [0.05, 0.1) is 6.54 Å². The number of quaternary nitrogens is 1. The van der Waals surface area contributed by atoms with Crippen molar-refractivity contribution in [3.8, 4) is 0 Å². The van der Waals surface area contributed by atoms with E-state index in [0.717, 1.165) is 16.0 Å². The van der Waals surface area contributed by atoms with Crippen LogP contribution in [0.2, 0.25) is 10.0 Å². The fraction of sp³-hybridized carbons (Fsp3) is 0.333. The summed E-state index contributed by atoms with van der Waals surface area (Å²) in [5, 5.41) is 4.12. The first kappa shape index (κ1) is 22.2. The molecule has 0 aliphatic carbocycles. The van der Waals surface area contributed by atoms with E-state index in [1.54, 1.807) is 36.2 Å². The molecule has 1 unspecified atom stereocenters. The summed E-state index contributed by atoms with van der Waals surface area (Å²) in [6.07, 6.45) is 0. The Morgan fingerprint density at radius 2 is 1.68 bits per heavy atom. The Hall–Kier alpha value is -2.08. The Balaban J connectivity index is 1.89. The molecule has 2 aromatic rings. The largest absolute Gasteiger partial charge is 0.337 e.